The van der Waals surface area contributed by atoms with E-state index in [1.54, 1.807) is 0 Å². The van der Waals surface area contributed by atoms with Crippen molar-refractivity contribution < 1.29 is 9.59 Å². The van der Waals surface area contributed by atoms with Gasteiger partial charge in [-0.2, -0.15) is 0 Å². The number of amides is 2. The van der Waals surface area contributed by atoms with Crippen molar-refractivity contribution in [2.75, 3.05) is 6.54 Å². The first-order chi connectivity index (χ1) is 9.19. The Morgan fingerprint density at radius 3 is 2.25 bits per heavy atom. The average Bonchev–Trinajstić information content (AvgIpc) is 3.11. The van der Waals surface area contributed by atoms with Gasteiger partial charge < -0.3 is 16.0 Å². The van der Waals surface area contributed by atoms with Crippen molar-refractivity contribution >= 4 is 24.2 Å². The van der Waals surface area contributed by atoms with Crippen LogP contribution >= 0.6 is 12.4 Å². The number of rotatable bonds is 5. The Bertz CT molecular complexity index is 361. The van der Waals surface area contributed by atoms with Gasteiger partial charge in [0.25, 0.3) is 0 Å². The predicted octanol–water partition coefficient (Wildman–Crippen LogP) is 0.724. The number of fused-ring (bicyclic) bond motifs is 2. The lowest BCUT2D eigenvalue weighted by Crippen LogP contribution is -2.41. The summed E-state index contributed by atoms with van der Waals surface area (Å²) in [6.07, 6.45) is 7.47. The van der Waals surface area contributed by atoms with Crippen LogP contribution in [-0.4, -0.2) is 36.5 Å². The summed E-state index contributed by atoms with van der Waals surface area (Å²) in [5.74, 6) is 0.462. The summed E-state index contributed by atoms with van der Waals surface area (Å²) in [6.45, 7) is 0.132. The van der Waals surface area contributed by atoms with Gasteiger partial charge in [-0.25, -0.2) is 0 Å². The van der Waals surface area contributed by atoms with Gasteiger partial charge in [0.05, 0.1) is 6.54 Å². The second-order valence-corrected chi connectivity index (χ2v) is 6.30. The Balaban J connectivity index is 0.00000147. The fraction of sp³-hybridized carbons (Fsp3) is 0.857. The zero-order chi connectivity index (χ0) is 13.2. The zero-order valence-corrected chi connectivity index (χ0v) is 12.5. The maximum Gasteiger partial charge on any atom is 0.239 e. The average molecular weight is 302 g/mol. The highest BCUT2D eigenvalue weighted by Gasteiger charge is 2.34. The summed E-state index contributed by atoms with van der Waals surface area (Å²) in [6, 6.07) is 1.61. The molecule has 2 unspecified atom stereocenters. The maximum absolute atomic E-state index is 11.8. The normalized spacial score (nSPS) is 31.3. The number of piperidine rings is 1. The van der Waals surface area contributed by atoms with E-state index in [0.29, 0.717) is 30.5 Å². The van der Waals surface area contributed by atoms with E-state index in [1.807, 2.05) is 0 Å². The summed E-state index contributed by atoms with van der Waals surface area (Å²) in [5.41, 5.74) is 0. The standard InChI is InChI=1S/C14H23N3O2.ClH/c18-13(15-8-14(19)17-10-1-2-10)7-9-5-11-3-4-12(6-9)16-11;/h9-12,16H,1-8H2,(H,15,18)(H,17,19);1H. The molecule has 20 heavy (non-hydrogen) atoms. The number of carbonyl (C=O) groups is 2. The molecule has 2 aliphatic heterocycles. The first-order valence-corrected chi connectivity index (χ1v) is 7.51. The molecule has 2 bridgehead atoms. The van der Waals surface area contributed by atoms with E-state index in [9.17, 15) is 9.59 Å². The molecule has 2 saturated heterocycles. The van der Waals surface area contributed by atoms with Gasteiger partial charge >= 0.3 is 0 Å². The number of carbonyl (C=O) groups excluding carboxylic acids is 2. The van der Waals surface area contributed by atoms with Crippen LogP contribution < -0.4 is 16.0 Å². The molecule has 0 aromatic carbocycles. The minimum Gasteiger partial charge on any atom is -0.352 e. The van der Waals surface area contributed by atoms with Crippen molar-refractivity contribution in [3.63, 3.8) is 0 Å². The van der Waals surface area contributed by atoms with Crippen LogP contribution in [0.5, 0.6) is 0 Å². The predicted molar refractivity (Wildman–Crippen MR) is 78.7 cm³/mol. The molecular weight excluding hydrogens is 278 g/mol. The van der Waals surface area contributed by atoms with Gasteiger partial charge in [0.2, 0.25) is 11.8 Å². The van der Waals surface area contributed by atoms with Crippen molar-refractivity contribution in [2.24, 2.45) is 5.92 Å². The van der Waals surface area contributed by atoms with E-state index in [2.05, 4.69) is 16.0 Å². The van der Waals surface area contributed by atoms with Crippen LogP contribution in [0.1, 0.15) is 44.9 Å². The van der Waals surface area contributed by atoms with E-state index >= 15 is 0 Å². The fourth-order valence-electron chi connectivity index (χ4n) is 3.36. The third kappa shape index (κ3) is 4.35. The summed E-state index contributed by atoms with van der Waals surface area (Å²) in [7, 11) is 0. The Labute approximate surface area is 126 Å². The van der Waals surface area contributed by atoms with Crippen LogP contribution in [0.25, 0.3) is 0 Å². The Kier molecular flexibility index (Phi) is 5.27. The number of halogens is 1. The van der Waals surface area contributed by atoms with E-state index in [-0.39, 0.29) is 30.8 Å². The van der Waals surface area contributed by atoms with Gasteiger partial charge in [0.1, 0.15) is 0 Å². The quantitative estimate of drug-likeness (QED) is 0.701. The first-order valence-electron chi connectivity index (χ1n) is 7.51. The van der Waals surface area contributed by atoms with Gasteiger partial charge in [0.15, 0.2) is 0 Å². The van der Waals surface area contributed by atoms with Gasteiger partial charge in [-0.05, 0) is 44.4 Å². The van der Waals surface area contributed by atoms with Crippen LogP contribution in [0.15, 0.2) is 0 Å². The van der Waals surface area contributed by atoms with Crippen molar-refractivity contribution in [3.8, 4) is 0 Å². The van der Waals surface area contributed by atoms with Gasteiger partial charge in [-0.1, -0.05) is 0 Å². The molecular formula is C14H24ClN3O2. The van der Waals surface area contributed by atoms with E-state index in [4.69, 9.17) is 0 Å². The number of hydrogen-bond donors (Lipinski definition) is 3. The van der Waals surface area contributed by atoms with Gasteiger partial charge in [0, 0.05) is 24.5 Å². The summed E-state index contributed by atoms with van der Waals surface area (Å²) in [4.78, 5) is 23.3. The summed E-state index contributed by atoms with van der Waals surface area (Å²) < 4.78 is 0. The van der Waals surface area contributed by atoms with Crippen LogP contribution in [0.4, 0.5) is 0 Å². The molecule has 2 atom stereocenters. The van der Waals surface area contributed by atoms with Crippen molar-refractivity contribution in [1.82, 2.24) is 16.0 Å². The molecule has 2 amide bonds. The third-order valence-electron chi connectivity index (χ3n) is 4.43. The highest BCUT2D eigenvalue weighted by Crippen LogP contribution is 2.32. The lowest BCUT2D eigenvalue weighted by molar-refractivity contribution is -0.126. The van der Waals surface area contributed by atoms with Crippen molar-refractivity contribution in [2.45, 2.75) is 63.1 Å². The van der Waals surface area contributed by atoms with Crippen molar-refractivity contribution in [3.05, 3.63) is 0 Å². The van der Waals surface area contributed by atoms with Gasteiger partial charge in [-0.15, -0.1) is 12.4 Å². The SMILES string of the molecule is Cl.O=C(CC1CC2CCC(C1)N2)NCC(=O)NC1CC1. The van der Waals surface area contributed by atoms with E-state index in [0.717, 1.165) is 25.7 Å². The molecule has 3 aliphatic rings. The molecule has 3 fully saturated rings. The van der Waals surface area contributed by atoms with Crippen LogP contribution in [0.3, 0.4) is 0 Å². The minimum atomic E-state index is -0.0544. The Morgan fingerprint density at radius 2 is 1.65 bits per heavy atom. The smallest absolute Gasteiger partial charge is 0.239 e. The molecule has 0 spiro atoms. The second kappa shape index (κ2) is 6.76. The molecule has 0 aromatic rings. The summed E-state index contributed by atoms with van der Waals surface area (Å²) >= 11 is 0. The fourth-order valence-corrected chi connectivity index (χ4v) is 3.36. The molecule has 1 saturated carbocycles. The largest absolute Gasteiger partial charge is 0.352 e. The molecule has 0 aromatic heterocycles. The molecule has 6 heteroatoms. The molecule has 3 rings (SSSR count). The number of nitrogens with one attached hydrogen (secondary N) is 3. The highest BCUT2D eigenvalue weighted by atomic mass is 35.5. The van der Waals surface area contributed by atoms with Crippen LogP contribution in [0, 0.1) is 5.92 Å². The van der Waals surface area contributed by atoms with E-state index < -0.39 is 0 Å². The van der Waals surface area contributed by atoms with Crippen molar-refractivity contribution in [1.29, 1.82) is 0 Å². The zero-order valence-electron chi connectivity index (χ0n) is 11.7. The molecule has 2 heterocycles. The molecule has 114 valence electrons. The lowest BCUT2D eigenvalue weighted by Gasteiger charge is -2.28. The lowest BCUT2D eigenvalue weighted by atomic mass is 9.89. The molecule has 1 aliphatic carbocycles. The minimum absolute atomic E-state index is 0. The van der Waals surface area contributed by atoms with Gasteiger partial charge in [-0.3, -0.25) is 9.59 Å². The van der Waals surface area contributed by atoms with E-state index in [1.165, 1.54) is 12.8 Å². The Hall–Kier alpha value is -0.810. The Morgan fingerprint density at radius 1 is 1.00 bits per heavy atom. The number of hydrogen-bond acceptors (Lipinski definition) is 3. The maximum atomic E-state index is 11.8. The third-order valence-corrected chi connectivity index (χ3v) is 4.43. The first kappa shape index (κ1) is 15.6. The monoisotopic (exact) mass is 301 g/mol. The summed E-state index contributed by atoms with van der Waals surface area (Å²) in [5, 5.41) is 9.19. The van der Waals surface area contributed by atoms with Crippen LogP contribution in [-0.2, 0) is 9.59 Å². The van der Waals surface area contributed by atoms with Crippen LogP contribution in [0.2, 0.25) is 0 Å². The molecule has 0 radical (unpaired) electrons. The second-order valence-electron chi connectivity index (χ2n) is 6.30. The molecule has 3 N–H and O–H groups in total. The molecule has 5 nitrogen and oxygen atoms in total. The topological polar surface area (TPSA) is 70.2 Å². The highest BCUT2D eigenvalue weighted by molar-refractivity contribution is 5.85.